The van der Waals surface area contributed by atoms with Crippen LogP contribution in [0.5, 0.6) is 0 Å². The van der Waals surface area contributed by atoms with Gasteiger partial charge in [-0.05, 0) is 45.2 Å². The molecule has 2 heterocycles. The summed E-state index contributed by atoms with van der Waals surface area (Å²) in [5.74, 6) is 0.286. The first-order chi connectivity index (χ1) is 11.4. The van der Waals surface area contributed by atoms with Gasteiger partial charge in [0.1, 0.15) is 5.69 Å². The second kappa shape index (κ2) is 6.45. The number of aromatic nitrogens is 1. The van der Waals surface area contributed by atoms with Gasteiger partial charge in [0.2, 0.25) is 0 Å². The van der Waals surface area contributed by atoms with Crippen LogP contribution >= 0.6 is 0 Å². The van der Waals surface area contributed by atoms with Crippen molar-refractivity contribution in [1.29, 1.82) is 0 Å². The van der Waals surface area contributed by atoms with Crippen molar-refractivity contribution < 1.29 is 12.9 Å². The molecule has 1 aliphatic rings. The summed E-state index contributed by atoms with van der Waals surface area (Å²) in [6, 6.07) is 7.44. The number of anilines is 2. The van der Waals surface area contributed by atoms with Crippen LogP contribution in [0.4, 0.5) is 11.4 Å². The monoisotopic (exact) mass is 350 g/mol. The first kappa shape index (κ1) is 16.8. The van der Waals surface area contributed by atoms with Crippen molar-refractivity contribution in [3.63, 3.8) is 0 Å². The van der Waals surface area contributed by atoms with E-state index in [2.05, 4.69) is 26.7 Å². The Balaban J connectivity index is 1.75. The Labute approximate surface area is 142 Å². The van der Waals surface area contributed by atoms with Gasteiger partial charge in [0.15, 0.2) is 10.7 Å². The molecule has 1 aliphatic heterocycles. The van der Waals surface area contributed by atoms with Crippen LogP contribution in [-0.2, 0) is 10.0 Å². The number of nitrogens with one attached hydrogen (secondary N) is 1. The summed E-state index contributed by atoms with van der Waals surface area (Å²) in [6.07, 6.45) is 0. The molecule has 1 saturated heterocycles. The van der Waals surface area contributed by atoms with Crippen molar-refractivity contribution in [2.75, 3.05) is 42.8 Å². The molecule has 1 aromatic carbocycles. The van der Waals surface area contributed by atoms with Crippen molar-refractivity contribution >= 4 is 21.4 Å². The average molecular weight is 350 g/mol. The van der Waals surface area contributed by atoms with Gasteiger partial charge in [0, 0.05) is 37.6 Å². The quantitative estimate of drug-likeness (QED) is 0.906. The highest BCUT2D eigenvalue weighted by atomic mass is 32.2. The van der Waals surface area contributed by atoms with Gasteiger partial charge < -0.3 is 14.3 Å². The third-order valence-electron chi connectivity index (χ3n) is 4.22. The molecule has 1 N–H and O–H groups in total. The highest BCUT2D eigenvalue weighted by Gasteiger charge is 2.24. The van der Waals surface area contributed by atoms with Gasteiger partial charge in [-0.25, -0.2) is 8.42 Å². The maximum atomic E-state index is 12.5. The molecule has 0 spiro atoms. The normalized spacial score (nSPS) is 16.4. The number of likely N-dealkylation sites (N-methyl/N-ethyl adjacent to an activating group) is 1. The van der Waals surface area contributed by atoms with Crippen LogP contribution in [0.2, 0.25) is 0 Å². The van der Waals surface area contributed by atoms with E-state index in [1.54, 1.807) is 26.0 Å². The largest absolute Gasteiger partial charge is 0.369 e. The highest BCUT2D eigenvalue weighted by molar-refractivity contribution is 7.92. The molecule has 24 heavy (non-hydrogen) atoms. The Morgan fingerprint density at radius 1 is 1.08 bits per heavy atom. The molecular weight excluding hydrogens is 328 g/mol. The van der Waals surface area contributed by atoms with E-state index in [0.717, 1.165) is 31.9 Å². The fraction of sp³-hybridized carbons (Fsp3) is 0.438. The molecule has 2 aromatic rings. The van der Waals surface area contributed by atoms with E-state index in [0.29, 0.717) is 11.4 Å². The number of sulfonamides is 1. The Morgan fingerprint density at radius 3 is 2.25 bits per heavy atom. The lowest BCUT2D eigenvalue weighted by atomic mass is 10.2. The van der Waals surface area contributed by atoms with Gasteiger partial charge in [-0.15, -0.1) is 0 Å². The predicted molar refractivity (Wildman–Crippen MR) is 92.9 cm³/mol. The number of piperazine rings is 1. The SMILES string of the molecule is Cc1noc(C)c1S(=O)(=O)Nc1ccc(N2CCN(C)CC2)cc1. The first-order valence-electron chi connectivity index (χ1n) is 7.86. The van der Waals surface area contributed by atoms with Crippen LogP contribution in [0.25, 0.3) is 0 Å². The molecule has 3 rings (SSSR count). The van der Waals surface area contributed by atoms with Crippen LogP contribution in [0.1, 0.15) is 11.5 Å². The summed E-state index contributed by atoms with van der Waals surface area (Å²) in [7, 11) is -1.59. The standard InChI is InChI=1S/C16H22N4O3S/c1-12-16(13(2)23-17-12)24(21,22)18-14-4-6-15(7-5-14)20-10-8-19(3)9-11-20/h4-7,18H,8-11H2,1-3H3. The van der Waals surface area contributed by atoms with Gasteiger partial charge in [0.05, 0.1) is 0 Å². The van der Waals surface area contributed by atoms with E-state index in [-0.39, 0.29) is 10.7 Å². The van der Waals surface area contributed by atoms with Gasteiger partial charge in [-0.3, -0.25) is 4.72 Å². The molecule has 1 fully saturated rings. The van der Waals surface area contributed by atoms with Crippen LogP contribution in [-0.4, -0.2) is 51.7 Å². The molecule has 7 nitrogen and oxygen atoms in total. The third-order valence-corrected chi connectivity index (χ3v) is 5.85. The van der Waals surface area contributed by atoms with E-state index in [9.17, 15) is 8.42 Å². The number of hydrogen-bond acceptors (Lipinski definition) is 6. The van der Waals surface area contributed by atoms with Crippen LogP contribution in [0.15, 0.2) is 33.7 Å². The Morgan fingerprint density at radius 2 is 1.71 bits per heavy atom. The van der Waals surface area contributed by atoms with Crippen molar-refractivity contribution in [1.82, 2.24) is 10.1 Å². The van der Waals surface area contributed by atoms with E-state index in [4.69, 9.17) is 4.52 Å². The van der Waals surface area contributed by atoms with Crippen molar-refractivity contribution in [3.05, 3.63) is 35.7 Å². The van der Waals surface area contributed by atoms with Crippen molar-refractivity contribution in [2.45, 2.75) is 18.7 Å². The topological polar surface area (TPSA) is 78.7 Å². The maximum absolute atomic E-state index is 12.5. The Bertz CT molecular complexity index is 787. The lowest BCUT2D eigenvalue weighted by Crippen LogP contribution is -2.44. The number of benzene rings is 1. The predicted octanol–water partition coefficient (Wildman–Crippen LogP) is 1.84. The van der Waals surface area contributed by atoms with Crippen LogP contribution < -0.4 is 9.62 Å². The van der Waals surface area contributed by atoms with Gasteiger partial charge >= 0.3 is 0 Å². The molecule has 0 unspecified atom stereocenters. The Kier molecular flexibility index (Phi) is 4.51. The summed E-state index contributed by atoms with van der Waals surface area (Å²) in [5.41, 5.74) is 1.98. The first-order valence-corrected chi connectivity index (χ1v) is 9.34. The van der Waals surface area contributed by atoms with E-state index in [1.807, 2.05) is 12.1 Å². The van der Waals surface area contributed by atoms with E-state index in [1.165, 1.54) is 0 Å². The minimum atomic E-state index is -3.70. The summed E-state index contributed by atoms with van der Waals surface area (Å²) >= 11 is 0. The zero-order valence-electron chi connectivity index (χ0n) is 14.1. The highest BCUT2D eigenvalue weighted by Crippen LogP contribution is 2.24. The molecule has 0 saturated carbocycles. The van der Waals surface area contributed by atoms with E-state index < -0.39 is 10.0 Å². The molecule has 1 aromatic heterocycles. The van der Waals surface area contributed by atoms with Gasteiger partial charge in [-0.1, -0.05) is 5.16 Å². The summed E-state index contributed by atoms with van der Waals surface area (Å²) in [5, 5.41) is 3.70. The third kappa shape index (κ3) is 3.39. The summed E-state index contributed by atoms with van der Waals surface area (Å²) in [4.78, 5) is 4.69. The van der Waals surface area contributed by atoms with E-state index >= 15 is 0 Å². The molecule has 0 bridgehead atoms. The van der Waals surface area contributed by atoms with Crippen molar-refractivity contribution in [3.8, 4) is 0 Å². The van der Waals surface area contributed by atoms with Crippen LogP contribution in [0.3, 0.4) is 0 Å². The molecule has 0 aliphatic carbocycles. The Hall–Kier alpha value is -2.06. The number of hydrogen-bond donors (Lipinski definition) is 1. The lowest BCUT2D eigenvalue weighted by molar-refractivity contribution is 0.313. The maximum Gasteiger partial charge on any atom is 0.267 e. The minimum Gasteiger partial charge on any atom is -0.369 e. The fourth-order valence-corrected chi connectivity index (χ4v) is 4.26. The zero-order chi connectivity index (χ0) is 17.3. The second-order valence-corrected chi connectivity index (χ2v) is 7.72. The molecule has 8 heteroatoms. The fourth-order valence-electron chi connectivity index (χ4n) is 2.87. The summed E-state index contributed by atoms with van der Waals surface area (Å²) < 4.78 is 32.5. The molecule has 0 amide bonds. The smallest absolute Gasteiger partial charge is 0.267 e. The van der Waals surface area contributed by atoms with Crippen LogP contribution in [0, 0.1) is 13.8 Å². The number of aryl methyl sites for hydroxylation is 2. The van der Waals surface area contributed by atoms with Gasteiger partial charge in [0.25, 0.3) is 10.0 Å². The second-order valence-electron chi connectivity index (χ2n) is 6.10. The zero-order valence-corrected chi connectivity index (χ0v) is 14.9. The minimum absolute atomic E-state index is 0.102. The molecular formula is C16H22N4O3S. The molecule has 0 radical (unpaired) electrons. The lowest BCUT2D eigenvalue weighted by Gasteiger charge is -2.34. The average Bonchev–Trinajstić information content (AvgIpc) is 2.88. The molecule has 130 valence electrons. The number of rotatable bonds is 4. The molecule has 0 atom stereocenters. The number of nitrogens with zero attached hydrogens (tertiary/aromatic N) is 3. The van der Waals surface area contributed by atoms with Crippen molar-refractivity contribution in [2.24, 2.45) is 0 Å². The van der Waals surface area contributed by atoms with Gasteiger partial charge in [-0.2, -0.15) is 0 Å². The summed E-state index contributed by atoms with van der Waals surface area (Å²) in [6.45, 7) is 7.20.